The number of anilines is 1. The molecule has 27 heavy (non-hydrogen) atoms. The van der Waals surface area contributed by atoms with Gasteiger partial charge in [-0.05, 0) is 30.5 Å². The first kappa shape index (κ1) is 17.6. The van der Waals surface area contributed by atoms with E-state index in [9.17, 15) is 9.59 Å². The van der Waals surface area contributed by atoms with Crippen LogP contribution in [0.25, 0.3) is 0 Å². The van der Waals surface area contributed by atoms with E-state index in [-0.39, 0.29) is 24.6 Å². The summed E-state index contributed by atoms with van der Waals surface area (Å²) in [4.78, 5) is 30.7. The van der Waals surface area contributed by atoms with Crippen LogP contribution in [0.1, 0.15) is 18.4 Å². The minimum atomic E-state index is -0.223. The van der Waals surface area contributed by atoms with E-state index in [2.05, 4.69) is 15.6 Å². The molecule has 2 aliphatic rings. The largest absolute Gasteiger partial charge is 0.454 e. The Morgan fingerprint density at radius 1 is 1.30 bits per heavy atom. The highest BCUT2D eigenvalue weighted by atomic mass is 32.1. The van der Waals surface area contributed by atoms with Crippen molar-refractivity contribution in [2.24, 2.45) is 5.92 Å². The number of hydrogen-bond acceptors (Lipinski definition) is 6. The summed E-state index contributed by atoms with van der Waals surface area (Å²) in [6, 6.07) is 5.43. The molecular weight excluding hydrogens is 368 g/mol. The number of benzene rings is 1. The lowest BCUT2D eigenvalue weighted by atomic mass is 9.97. The van der Waals surface area contributed by atoms with Crippen LogP contribution >= 0.6 is 11.3 Å². The summed E-state index contributed by atoms with van der Waals surface area (Å²) in [6.45, 7) is 1.67. The van der Waals surface area contributed by atoms with Crippen LogP contribution in [0.2, 0.25) is 0 Å². The molecule has 1 saturated heterocycles. The van der Waals surface area contributed by atoms with Crippen LogP contribution in [0.4, 0.5) is 9.93 Å². The molecule has 0 saturated carbocycles. The fraction of sp³-hybridized carbons (Fsp3) is 0.389. The van der Waals surface area contributed by atoms with Crippen molar-refractivity contribution in [1.29, 1.82) is 0 Å². The molecule has 3 heterocycles. The van der Waals surface area contributed by atoms with Gasteiger partial charge in [-0.1, -0.05) is 6.07 Å². The predicted molar refractivity (Wildman–Crippen MR) is 99.8 cm³/mol. The maximum atomic E-state index is 12.5. The van der Waals surface area contributed by atoms with Crippen LogP contribution in [-0.4, -0.2) is 41.7 Å². The highest BCUT2D eigenvalue weighted by Gasteiger charge is 2.28. The number of carbonyl (C=O) groups excluding carboxylic acids is 2. The molecule has 0 spiro atoms. The number of fused-ring (bicyclic) bond motifs is 1. The Bertz CT molecular complexity index is 827. The second-order valence-electron chi connectivity index (χ2n) is 6.46. The SMILES string of the molecule is O=C(Nc1nccs1)[C@@H]1CCCN(C(=O)NCc2ccc3c(c2)OCO3)C1. The maximum Gasteiger partial charge on any atom is 0.317 e. The Morgan fingerprint density at radius 2 is 2.19 bits per heavy atom. The van der Waals surface area contributed by atoms with Crippen molar-refractivity contribution in [1.82, 2.24) is 15.2 Å². The standard InChI is InChI=1S/C18H20N4O4S/c23-16(21-17-19-5-7-27-17)13-2-1-6-22(10-13)18(24)20-9-12-3-4-14-15(8-12)26-11-25-14/h3-5,7-8,13H,1-2,6,9-11H2,(H,20,24)(H,19,21,23)/t13-/m1/s1. The molecule has 2 aliphatic heterocycles. The van der Waals surface area contributed by atoms with Gasteiger partial charge in [-0.2, -0.15) is 0 Å². The first-order valence-electron chi connectivity index (χ1n) is 8.81. The van der Waals surface area contributed by atoms with Crippen LogP contribution in [-0.2, 0) is 11.3 Å². The number of likely N-dealkylation sites (tertiary alicyclic amines) is 1. The van der Waals surface area contributed by atoms with Crippen molar-refractivity contribution in [3.05, 3.63) is 35.3 Å². The number of thiazole rings is 1. The topological polar surface area (TPSA) is 92.8 Å². The van der Waals surface area contributed by atoms with Gasteiger partial charge in [0, 0.05) is 31.2 Å². The minimum Gasteiger partial charge on any atom is -0.454 e. The Balaban J connectivity index is 1.30. The lowest BCUT2D eigenvalue weighted by molar-refractivity contribution is -0.121. The molecule has 0 unspecified atom stereocenters. The predicted octanol–water partition coefficient (Wildman–Crippen LogP) is 2.43. The third kappa shape index (κ3) is 4.13. The number of carbonyl (C=O) groups is 2. The lowest BCUT2D eigenvalue weighted by Gasteiger charge is -2.31. The Labute approximate surface area is 160 Å². The molecule has 9 heteroatoms. The Morgan fingerprint density at radius 3 is 3.04 bits per heavy atom. The van der Waals surface area contributed by atoms with E-state index in [1.54, 1.807) is 11.1 Å². The van der Waals surface area contributed by atoms with Crippen LogP contribution in [0.15, 0.2) is 29.8 Å². The molecule has 1 atom stereocenters. The second-order valence-corrected chi connectivity index (χ2v) is 7.35. The number of piperidine rings is 1. The van der Waals surface area contributed by atoms with E-state index >= 15 is 0 Å². The van der Waals surface area contributed by atoms with Gasteiger partial charge >= 0.3 is 6.03 Å². The van der Waals surface area contributed by atoms with Crippen molar-refractivity contribution >= 4 is 28.4 Å². The van der Waals surface area contributed by atoms with Gasteiger partial charge in [-0.3, -0.25) is 4.79 Å². The fourth-order valence-electron chi connectivity index (χ4n) is 3.21. The molecule has 2 N–H and O–H groups in total. The number of aromatic nitrogens is 1. The maximum absolute atomic E-state index is 12.5. The van der Waals surface area contributed by atoms with E-state index < -0.39 is 0 Å². The molecule has 3 amide bonds. The Kier molecular flexibility index (Phi) is 5.10. The average Bonchev–Trinajstić information content (AvgIpc) is 3.37. The van der Waals surface area contributed by atoms with Crippen molar-refractivity contribution in [3.63, 3.8) is 0 Å². The first-order chi connectivity index (χ1) is 13.2. The number of ether oxygens (including phenoxy) is 2. The molecule has 2 aromatic rings. The van der Waals surface area contributed by atoms with E-state index in [1.165, 1.54) is 11.3 Å². The lowest BCUT2D eigenvalue weighted by Crippen LogP contribution is -2.47. The number of nitrogens with zero attached hydrogens (tertiary/aromatic N) is 2. The van der Waals surface area contributed by atoms with E-state index in [1.807, 2.05) is 23.6 Å². The molecule has 8 nitrogen and oxygen atoms in total. The summed E-state index contributed by atoms with van der Waals surface area (Å²) < 4.78 is 10.6. The van der Waals surface area contributed by atoms with E-state index in [0.717, 1.165) is 24.2 Å². The number of urea groups is 1. The molecule has 1 aromatic heterocycles. The summed E-state index contributed by atoms with van der Waals surface area (Å²) in [7, 11) is 0. The van der Waals surface area contributed by atoms with Gasteiger partial charge in [0.25, 0.3) is 0 Å². The van der Waals surface area contributed by atoms with Gasteiger partial charge in [-0.15, -0.1) is 11.3 Å². The van der Waals surface area contributed by atoms with E-state index in [4.69, 9.17) is 9.47 Å². The quantitative estimate of drug-likeness (QED) is 0.839. The van der Waals surface area contributed by atoms with Crippen LogP contribution in [0, 0.1) is 5.92 Å². The summed E-state index contributed by atoms with van der Waals surface area (Å²) in [5.74, 6) is 1.10. The molecule has 1 aromatic carbocycles. The van der Waals surface area contributed by atoms with Gasteiger partial charge in [0.2, 0.25) is 12.7 Å². The summed E-state index contributed by atoms with van der Waals surface area (Å²) in [5.41, 5.74) is 0.933. The molecule has 0 radical (unpaired) electrons. The third-order valence-electron chi connectivity index (χ3n) is 4.62. The van der Waals surface area contributed by atoms with Crippen molar-refractivity contribution in [3.8, 4) is 11.5 Å². The zero-order chi connectivity index (χ0) is 18.6. The van der Waals surface area contributed by atoms with Crippen molar-refractivity contribution in [2.75, 3.05) is 25.2 Å². The molecule has 0 aliphatic carbocycles. The number of nitrogens with one attached hydrogen (secondary N) is 2. The van der Waals surface area contributed by atoms with Crippen molar-refractivity contribution in [2.45, 2.75) is 19.4 Å². The van der Waals surface area contributed by atoms with Gasteiger partial charge in [0.15, 0.2) is 16.6 Å². The summed E-state index contributed by atoms with van der Waals surface area (Å²) >= 11 is 1.38. The van der Waals surface area contributed by atoms with Gasteiger partial charge in [0.1, 0.15) is 0 Å². The van der Waals surface area contributed by atoms with Crippen LogP contribution in [0.5, 0.6) is 11.5 Å². The average molecular weight is 388 g/mol. The zero-order valence-corrected chi connectivity index (χ0v) is 15.5. The second kappa shape index (κ2) is 7.83. The van der Waals surface area contributed by atoms with Crippen LogP contribution in [0.3, 0.4) is 0 Å². The molecule has 142 valence electrons. The highest BCUT2D eigenvalue weighted by Crippen LogP contribution is 2.32. The van der Waals surface area contributed by atoms with Crippen LogP contribution < -0.4 is 20.1 Å². The third-order valence-corrected chi connectivity index (χ3v) is 5.31. The summed E-state index contributed by atoms with van der Waals surface area (Å²) in [5, 5.41) is 8.13. The minimum absolute atomic E-state index is 0.0850. The van der Waals surface area contributed by atoms with Gasteiger partial charge < -0.3 is 25.0 Å². The molecule has 1 fully saturated rings. The van der Waals surface area contributed by atoms with Gasteiger partial charge in [0.05, 0.1) is 5.92 Å². The molecule has 0 bridgehead atoms. The summed E-state index contributed by atoms with van der Waals surface area (Å²) in [6.07, 6.45) is 3.22. The van der Waals surface area contributed by atoms with Crippen molar-refractivity contribution < 1.29 is 19.1 Å². The number of amides is 3. The monoisotopic (exact) mass is 388 g/mol. The highest BCUT2D eigenvalue weighted by molar-refractivity contribution is 7.13. The smallest absolute Gasteiger partial charge is 0.317 e. The van der Waals surface area contributed by atoms with E-state index in [0.29, 0.717) is 30.5 Å². The van der Waals surface area contributed by atoms with Gasteiger partial charge in [-0.25, -0.2) is 9.78 Å². The number of rotatable bonds is 4. The molecular formula is C18H20N4O4S. The number of hydrogen-bond donors (Lipinski definition) is 2. The fourth-order valence-corrected chi connectivity index (χ4v) is 3.74. The Hall–Kier alpha value is -2.81. The molecule has 4 rings (SSSR count). The first-order valence-corrected chi connectivity index (χ1v) is 9.68. The zero-order valence-electron chi connectivity index (χ0n) is 14.6. The normalized spacial score (nSPS) is 18.2.